The fourth-order valence-corrected chi connectivity index (χ4v) is 2.49. The molecule has 0 atom stereocenters. The Morgan fingerprint density at radius 2 is 1.80 bits per heavy atom. The second-order valence-electron chi connectivity index (χ2n) is 4.86. The second kappa shape index (κ2) is 4.49. The van der Waals surface area contributed by atoms with Crippen molar-refractivity contribution < 1.29 is 9.59 Å². The van der Waals surface area contributed by atoms with Crippen LogP contribution in [0.25, 0.3) is 0 Å². The van der Waals surface area contributed by atoms with E-state index >= 15 is 0 Å². The third kappa shape index (κ3) is 1.77. The number of imide groups is 1. The molecule has 20 heavy (non-hydrogen) atoms. The van der Waals surface area contributed by atoms with Gasteiger partial charge in [0.05, 0.1) is 12.1 Å². The molecule has 4 heteroatoms. The molecule has 2 aromatic rings. The van der Waals surface area contributed by atoms with Gasteiger partial charge in [-0.15, -0.1) is 0 Å². The van der Waals surface area contributed by atoms with E-state index in [-0.39, 0.29) is 18.2 Å². The summed E-state index contributed by atoms with van der Waals surface area (Å²) >= 11 is 0. The van der Waals surface area contributed by atoms with Crippen LogP contribution in [0.2, 0.25) is 0 Å². The third-order valence-electron chi connectivity index (χ3n) is 3.63. The van der Waals surface area contributed by atoms with E-state index in [2.05, 4.69) is 0 Å². The van der Waals surface area contributed by atoms with E-state index in [1.807, 2.05) is 19.1 Å². The maximum atomic E-state index is 12.6. The number of rotatable bonds is 1. The number of carbonyl (C=O) groups is 2. The number of benzene rings is 2. The lowest BCUT2D eigenvalue weighted by molar-refractivity contribution is -0.117. The van der Waals surface area contributed by atoms with Gasteiger partial charge in [-0.05, 0) is 36.2 Å². The molecule has 3 rings (SSSR count). The molecule has 0 saturated carbocycles. The lowest BCUT2D eigenvalue weighted by atomic mass is 9.97. The van der Waals surface area contributed by atoms with E-state index in [4.69, 9.17) is 5.73 Å². The van der Waals surface area contributed by atoms with Crippen LogP contribution in [0.15, 0.2) is 42.5 Å². The van der Waals surface area contributed by atoms with Crippen molar-refractivity contribution in [3.8, 4) is 0 Å². The van der Waals surface area contributed by atoms with Gasteiger partial charge in [0, 0.05) is 11.3 Å². The molecule has 0 unspecified atom stereocenters. The first-order chi connectivity index (χ1) is 9.59. The van der Waals surface area contributed by atoms with Crippen molar-refractivity contribution >= 4 is 23.2 Å². The summed E-state index contributed by atoms with van der Waals surface area (Å²) in [7, 11) is 0. The summed E-state index contributed by atoms with van der Waals surface area (Å²) in [6.45, 7) is 1.81. The van der Waals surface area contributed by atoms with Crippen LogP contribution in [0, 0.1) is 6.92 Å². The Morgan fingerprint density at radius 3 is 2.60 bits per heavy atom. The highest BCUT2D eigenvalue weighted by molar-refractivity contribution is 6.25. The van der Waals surface area contributed by atoms with E-state index < -0.39 is 0 Å². The van der Waals surface area contributed by atoms with Crippen LogP contribution in [0.3, 0.4) is 0 Å². The van der Waals surface area contributed by atoms with Crippen molar-refractivity contribution in [1.82, 2.24) is 0 Å². The number of anilines is 2. The predicted molar refractivity (Wildman–Crippen MR) is 77.6 cm³/mol. The van der Waals surface area contributed by atoms with Crippen molar-refractivity contribution in [2.45, 2.75) is 13.3 Å². The summed E-state index contributed by atoms with van der Waals surface area (Å²) in [5.41, 5.74) is 9.10. The first-order valence-corrected chi connectivity index (χ1v) is 6.40. The van der Waals surface area contributed by atoms with Gasteiger partial charge in [0.25, 0.3) is 5.91 Å². The Labute approximate surface area is 116 Å². The number of hydrogen-bond acceptors (Lipinski definition) is 3. The van der Waals surface area contributed by atoms with Gasteiger partial charge in [-0.3, -0.25) is 9.59 Å². The van der Waals surface area contributed by atoms with Crippen LogP contribution < -0.4 is 10.6 Å². The van der Waals surface area contributed by atoms with Crippen LogP contribution in [0.5, 0.6) is 0 Å². The van der Waals surface area contributed by atoms with Crippen molar-refractivity contribution in [2.75, 3.05) is 10.6 Å². The van der Waals surface area contributed by atoms with Gasteiger partial charge in [-0.1, -0.05) is 24.3 Å². The zero-order chi connectivity index (χ0) is 14.3. The minimum absolute atomic E-state index is 0.220. The van der Waals surface area contributed by atoms with E-state index in [9.17, 15) is 9.59 Å². The lowest BCUT2D eigenvalue weighted by Gasteiger charge is -2.28. The smallest absolute Gasteiger partial charge is 0.265 e. The first-order valence-electron chi connectivity index (χ1n) is 6.40. The van der Waals surface area contributed by atoms with Gasteiger partial charge in [0.1, 0.15) is 0 Å². The van der Waals surface area contributed by atoms with E-state index in [0.717, 1.165) is 11.1 Å². The Bertz CT molecular complexity index is 722. The van der Waals surface area contributed by atoms with Crippen LogP contribution >= 0.6 is 0 Å². The number of fused-ring (bicyclic) bond motifs is 1. The predicted octanol–water partition coefficient (Wildman–Crippen LogP) is 2.31. The van der Waals surface area contributed by atoms with Gasteiger partial charge >= 0.3 is 0 Å². The van der Waals surface area contributed by atoms with Gasteiger partial charge < -0.3 is 5.73 Å². The highest BCUT2D eigenvalue weighted by Gasteiger charge is 2.32. The molecule has 0 aromatic heterocycles. The number of carbonyl (C=O) groups excluding carboxylic acids is 2. The monoisotopic (exact) mass is 266 g/mol. The van der Waals surface area contributed by atoms with Crippen molar-refractivity contribution in [2.24, 2.45) is 0 Å². The zero-order valence-corrected chi connectivity index (χ0v) is 11.1. The summed E-state index contributed by atoms with van der Waals surface area (Å²) in [4.78, 5) is 26.1. The van der Waals surface area contributed by atoms with E-state index in [1.54, 1.807) is 30.3 Å². The lowest BCUT2D eigenvalue weighted by Crippen LogP contribution is -2.42. The summed E-state index contributed by atoms with van der Waals surface area (Å²) in [6, 6.07) is 12.4. The first kappa shape index (κ1) is 12.4. The summed E-state index contributed by atoms with van der Waals surface area (Å²) < 4.78 is 0. The summed E-state index contributed by atoms with van der Waals surface area (Å²) in [6.07, 6.45) is 0.232. The molecular formula is C16H14N2O2. The maximum absolute atomic E-state index is 12.6. The minimum atomic E-state index is -0.287. The molecule has 1 aliphatic rings. The summed E-state index contributed by atoms with van der Waals surface area (Å²) in [5, 5.41) is 0. The molecule has 0 radical (unpaired) electrons. The van der Waals surface area contributed by atoms with Crippen LogP contribution in [0.1, 0.15) is 21.5 Å². The van der Waals surface area contributed by atoms with E-state index in [0.29, 0.717) is 16.9 Å². The Kier molecular flexibility index (Phi) is 2.79. The molecule has 1 aliphatic heterocycles. The minimum Gasteiger partial charge on any atom is -0.398 e. The third-order valence-corrected chi connectivity index (χ3v) is 3.63. The molecular weight excluding hydrogens is 252 g/mol. The van der Waals surface area contributed by atoms with Crippen LogP contribution in [0.4, 0.5) is 11.4 Å². The average molecular weight is 266 g/mol. The normalized spacial score (nSPS) is 14.3. The van der Waals surface area contributed by atoms with Crippen molar-refractivity contribution in [3.05, 3.63) is 59.2 Å². The van der Waals surface area contributed by atoms with Crippen LogP contribution in [-0.2, 0) is 11.2 Å². The zero-order valence-electron chi connectivity index (χ0n) is 11.1. The quantitative estimate of drug-likeness (QED) is 0.636. The Hall–Kier alpha value is -2.62. The Morgan fingerprint density at radius 1 is 1.05 bits per heavy atom. The second-order valence-corrected chi connectivity index (χ2v) is 4.86. The number of nitrogens with zero attached hydrogens (tertiary/aromatic N) is 1. The van der Waals surface area contributed by atoms with Gasteiger partial charge in [-0.25, -0.2) is 4.90 Å². The molecule has 0 aliphatic carbocycles. The Balaban J connectivity index is 2.14. The molecule has 0 bridgehead atoms. The highest BCUT2D eigenvalue weighted by Crippen LogP contribution is 2.30. The molecule has 0 fully saturated rings. The largest absolute Gasteiger partial charge is 0.398 e. The maximum Gasteiger partial charge on any atom is 0.265 e. The van der Waals surface area contributed by atoms with Gasteiger partial charge in [-0.2, -0.15) is 0 Å². The molecule has 2 aromatic carbocycles. The topological polar surface area (TPSA) is 63.4 Å². The molecule has 2 amide bonds. The van der Waals surface area contributed by atoms with Gasteiger partial charge in [0.2, 0.25) is 5.91 Å². The molecule has 1 heterocycles. The molecule has 100 valence electrons. The number of nitrogen functional groups attached to an aromatic ring is 1. The number of amides is 2. The van der Waals surface area contributed by atoms with Crippen molar-refractivity contribution in [1.29, 1.82) is 0 Å². The van der Waals surface area contributed by atoms with E-state index in [1.165, 1.54) is 4.90 Å². The average Bonchev–Trinajstić information content (AvgIpc) is 2.43. The molecule has 0 saturated heterocycles. The standard InChI is InChI=1S/C16H14N2O2/c1-10-13(17)7-4-8-14(10)18-15(19)9-11-5-2-3-6-12(11)16(18)20/h2-8H,9,17H2,1H3. The molecule has 4 nitrogen and oxygen atoms in total. The fraction of sp³-hybridized carbons (Fsp3) is 0.125. The fourth-order valence-electron chi connectivity index (χ4n) is 2.49. The molecule has 2 N–H and O–H groups in total. The van der Waals surface area contributed by atoms with Crippen LogP contribution in [-0.4, -0.2) is 11.8 Å². The van der Waals surface area contributed by atoms with Crippen molar-refractivity contribution in [3.63, 3.8) is 0 Å². The SMILES string of the molecule is Cc1c(N)cccc1N1C(=O)Cc2ccccc2C1=O. The number of hydrogen-bond donors (Lipinski definition) is 1. The molecule has 0 spiro atoms. The number of nitrogens with two attached hydrogens (primary N) is 1. The summed E-state index contributed by atoms with van der Waals surface area (Å²) in [5.74, 6) is -0.507. The van der Waals surface area contributed by atoms with Gasteiger partial charge in [0.15, 0.2) is 0 Å². The highest BCUT2D eigenvalue weighted by atomic mass is 16.2.